The van der Waals surface area contributed by atoms with Gasteiger partial charge in [-0.15, -0.1) is 0 Å². The van der Waals surface area contributed by atoms with Crippen molar-refractivity contribution >= 4 is 54.9 Å². The maximum absolute atomic E-state index is 12.5. The van der Waals surface area contributed by atoms with E-state index in [1.54, 1.807) is 0 Å². The third-order valence-corrected chi connectivity index (χ3v) is 4.43. The van der Waals surface area contributed by atoms with E-state index in [-0.39, 0.29) is 17.9 Å². The number of hydrogen-bond acceptors (Lipinski definition) is 9. The Bertz CT molecular complexity index is 619. The molecule has 29 heavy (non-hydrogen) atoms. The lowest BCUT2D eigenvalue weighted by atomic mass is 10.1. The van der Waals surface area contributed by atoms with Crippen molar-refractivity contribution in [3.8, 4) is 0 Å². The van der Waals surface area contributed by atoms with E-state index in [1.807, 2.05) is 0 Å². The molecule has 12 nitrogen and oxygen atoms in total. The number of rotatable bonds is 13. The molecule has 0 saturated heterocycles. The Kier molecular flexibility index (Phi) is 12.3. The summed E-state index contributed by atoms with van der Waals surface area (Å²) in [7, 11) is 0. The number of aliphatic hydroxyl groups excluding tert-OH is 1. The van der Waals surface area contributed by atoms with Gasteiger partial charge in [-0.05, 0) is 13.3 Å². The lowest BCUT2D eigenvalue weighted by Gasteiger charge is -2.26. The zero-order valence-electron chi connectivity index (χ0n) is 15.6. The fourth-order valence-corrected chi connectivity index (χ4v) is 2.42. The quantitative estimate of drug-likeness (QED) is 0.129. The molecular weight excluding hydrogens is 428 g/mol. The molecule has 0 aliphatic carbocycles. The minimum absolute atomic E-state index is 0.0239. The van der Waals surface area contributed by atoms with E-state index in [0.29, 0.717) is 0 Å². The summed E-state index contributed by atoms with van der Waals surface area (Å²) in [5, 5.41) is 34.2. The lowest BCUT2D eigenvalue weighted by molar-refractivity contribution is -0.142. The van der Waals surface area contributed by atoms with Gasteiger partial charge in [-0.3, -0.25) is 19.2 Å². The van der Waals surface area contributed by atoms with Crippen LogP contribution in [-0.2, 0) is 24.0 Å². The van der Waals surface area contributed by atoms with E-state index < -0.39 is 66.4 Å². The number of carboxylic acid groups (broad SMARTS) is 2. The molecule has 8 N–H and O–H groups in total. The molecule has 0 fully saturated rings. The normalized spacial score (nSPS) is 15.9. The van der Waals surface area contributed by atoms with Gasteiger partial charge in [0.15, 0.2) is 0 Å². The topological polar surface area (TPSA) is 208 Å². The van der Waals surface area contributed by atoms with Crippen LogP contribution in [0.1, 0.15) is 19.8 Å². The van der Waals surface area contributed by atoms with Gasteiger partial charge in [-0.1, -0.05) is 0 Å². The Morgan fingerprint density at radius 2 is 1.45 bits per heavy atom. The van der Waals surface area contributed by atoms with E-state index in [4.69, 9.17) is 15.9 Å². The summed E-state index contributed by atoms with van der Waals surface area (Å²) in [4.78, 5) is 58.6. The van der Waals surface area contributed by atoms with Crippen LogP contribution in [0.5, 0.6) is 0 Å². The van der Waals surface area contributed by atoms with Crippen LogP contribution in [0.25, 0.3) is 0 Å². The number of amides is 3. The Morgan fingerprint density at radius 1 is 0.897 bits per heavy atom. The van der Waals surface area contributed by atoms with Crippen molar-refractivity contribution in [1.29, 1.82) is 0 Å². The fourth-order valence-electron chi connectivity index (χ4n) is 2.00. The van der Waals surface area contributed by atoms with Crippen LogP contribution in [0.2, 0.25) is 0 Å². The van der Waals surface area contributed by atoms with Crippen LogP contribution in [-0.4, -0.2) is 86.8 Å². The Morgan fingerprint density at radius 3 is 1.86 bits per heavy atom. The first-order chi connectivity index (χ1) is 13.4. The van der Waals surface area contributed by atoms with Crippen molar-refractivity contribution in [1.82, 2.24) is 16.0 Å². The SMILES string of the molecule is CC(O)C(NC(=O)C(N)CS)C(=O)NC(CCC(=O)O)C(=O)NC(CS)C(=O)O. The van der Waals surface area contributed by atoms with Crippen molar-refractivity contribution < 1.29 is 39.3 Å². The van der Waals surface area contributed by atoms with Crippen LogP contribution in [0.4, 0.5) is 0 Å². The van der Waals surface area contributed by atoms with Gasteiger partial charge in [0.2, 0.25) is 17.7 Å². The van der Waals surface area contributed by atoms with Crippen LogP contribution in [0.3, 0.4) is 0 Å². The molecule has 0 aliphatic heterocycles. The van der Waals surface area contributed by atoms with E-state index >= 15 is 0 Å². The second-order valence-electron chi connectivity index (χ2n) is 6.09. The Balaban J connectivity index is 5.37. The van der Waals surface area contributed by atoms with Crippen LogP contribution < -0.4 is 21.7 Å². The number of hydrogen-bond donors (Lipinski definition) is 9. The average molecular weight is 455 g/mol. The highest BCUT2D eigenvalue weighted by Gasteiger charge is 2.32. The summed E-state index contributed by atoms with van der Waals surface area (Å²) in [6, 6.07) is -5.34. The number of aliphatic carboxylic acids is 2. The van der Waals surface area contributed by atoms with Crippen molar-refractivity contribution in [3.63, 3.8) is 0 Å². The third kappa shape index (κ3) is 9.83. The molecule has 0 radical (unpaired) electrons. The highest BCUT2D eigenvalue weighted by molar-refractivity contribution is 7.80. The maximum Gasteiger partial charge on any atom is 0.327 e. The molecule has 0 heterocycles. The van der Waals surface area contributed by atoms with Gasteiger partial charge in [-0.2, -0.15) is 25.3 Å². The number of carboxylic acids is 2. The minimum atomic E-state index is -1.49. The van der Waals surface area contributed by atoms with Gasteiger partial charge >= 0.3 is 11.9 Å². The number of thiol groups is 2. The highest BCUT2D eigenvalue weighted by atomic mass is 32.1. The van der Waals surface area contributed by atoms with Crippen molar-refractivity contribution in [2.24, 2.45) is 5.73 Å². The molecule has 0 aromatic heterocycles. The van der Waals surface area contributed by atoms with E-state index in [1.165, 1.54) is 6.92 Å². The molecule has 14 heteroatoms. The predicted molar refractivity (Wildman–Crippen MR) is 108 cm³/mol. The second kappa shape index (κ2) is 13.2. The van der Waals surface area contributed by atoms with Crippen molar-refractivity contribution in [2.45, 2.75) is 50.0 Å². The molecule has 0 aromatic carbocycles. The molecule has 0 rings (SSSR count). The van der Waals surface area contributed by atoms with Crippen LogP contribution in [0, 0.1) is 0 Å². The molecule has 3 amide bonds. The monoisotopic (exact) mass is 454 g/mol. The summed E-state index contributed by atoms with van der Waals surface area (Å²) in [6.07, 6.45) is -2.24. The van der Waals surface area contributed by atoms with Crippen molar-refractivity contribution in [2.75, 3.05) is 11.5 Å². The molecule has 166 valence electrons. The van der Waals surface area contributed by atoms with Gasteiger partial charge in [0.05, 0.1) is 12.1 Å². The molecule has 5 atom stereocenters. The number of nitrogens with two attached hydrogens (primary N) is 1. The van der Waals surface area contributed by atoms with Gasteiger partial charge in [0, 0.05) is 17.9 Å². The van der Waals surface area contributed by atoms with Crippen LogP contribution >= 0.6 is 25.3 Å². The Labute approximate surface area is 177 Å². The summed E-state index contributed by atoms with van der Waals surface area (Å²) < 4.78 is 0. The van der Waals surface area contributed by atoms with Gasteiger partial charge in [0.1, 0.15) is 18.1 Å². The summed E-state index contributed by atoms with van der Waals surface area (Å²) in [6.45, 7) is 1.21. The lowest BCUT2D eigenvalue weighted by Crippen LogP contribution is -2.60. The summed E-state index contributed by atoms with van der Waals surface area (Å²) in [5.41, 5.74) is 5.50. The first-order valence-corrected chi connectivity index (χ1v) is 9.72. The largest absolute Gasteiger partial charge is 0.481 e. The molecule has 0 aliphatic rings. The molecule has 5 unspecified atom stereocenters. The summed E-state index contributed by atoms with van der Waals surface area (Å²) >= 11 is 7.66. The minimum Gasteiger partial charge on any atom is -0.481 e. The van der Waals surface area contributed by atoms with E-state index in [2.05, 4.69) is 41.2 Å². The molecule has 0 saturated carbocycles. The number of carbonyl (C=O) groups is 5. The van der Waals surface area contributed by atoms with E-state index in [9.17, 15) is 29.1 Å². The first-order valence-electron chi connectivity index (χ1n) is 8.45. The Hall–Kier alpha value is -2.03. The van der Waals surface area contributed by atoms with Crippen LogP contribution in [0.15, 0.2) is 0 Å². The molecular formula is C15H26N4O8S2. The number of carbonyl (C=O) groups excluding carboxylic acids is 3. The van der Waals surface area contributed by atoms with Gasteiger partial charge in [0.25, 0.3) is 0 Å². The predicted octanol–water partition coefficient (Wildman–Crippen LogP) is -3.04. The fraction of sp³-hybridized carbons (Fsp3) is 0.667. The van der Waals surface area contributed by atoms with Gasteiger partial charge in [-0.25, -0.2) is 4.79 Å². The summed E-state index contributed by atoms with van der Waals surface area (Å²) in [5.74, 6) is -5.59. The molecule has 0 spiro atoms. The smallest absolute Gasteiger partial charge is 0.327 e. The molecule has 0 aromatic rings. The average Bonchev–Trinajstić information content (AvgIpc) is 2.65. The number of nitrogens with one attached hydrogen (secondary N) is 3. The first kappa shape index (κ1) is 27.0. The molecule has 0 bridgehead atoms. The maximum atomic E-state index is 12.5. The van der Waals surface area contributed by atoms with Crippen molar-refractivity contribution in [3.05, 3.63) is 0 Å². The van der Waals surface area contributed by atoms with E-state index in [0.717, 1.165) is 0 Å². The highest BCUT2D eigenvalue weighted by Crippen LogP contribution is 2.03. The zero-order chi connectivity index (χ0) is 22.7. The zero-order valence-corrected chi connectivity index (χ0v) is 17.4. The number of aliphatic hydroxyl groups is 1. The second-order valence-corrected chi connectivity index (χ2v) is 6.82. The van der Waals surface area contributed by atoms with Gasteiger partial charge < -0.3 is 37.0 Å². The standard InChI is InChI=1S/C15H26N4O8S2/c1-6(20)11(19-12(23)7(16)4-28)14(25)17-8(2-3-10(21)22)13(24)18-9(5-29)15(26)27/h6-9,11,20,28-29H,2-5,16H2,1H3,(H,17,25)(H,18,24)(H,19,23)(H,21,22)(H,26,27). The third-order valence-electron chi connectivity index (χ3n) is 3.67.